The van der Waals surface area contributed by atoms with E-state index in [9.17, 15) is 19.5 Å². The molecule has 0 aromatic carbocycles. The van der Waals surface area contributed by atoms with Crippen LogP contribution in [0.4, 0.5) is 0 Å². The molecule has 10 nitrogen and oxygen atoms in total. The summed E-state index contributed by atoms with van der Waals surface area (Å²) in [5.74, 6) is -1.25. The maximum Gasteiger partial charge on any atom is 0.305 e. The molecule has 1 N–H and O–H groups in total. The lowest BCUT2D eigenvalue weighted by Gasteiger charge is -2.30. The Balaban J connectivity index is 4.76. The first kappa shape index (κ1) is 34.2. The van der Waals surface area contributed by atoms with Gasteiger partial charge in [0.1, 0.15) is 19.8 Å². The molecular formula is C26H48O10. The molecule has 0 rings (SSSR count). The van der Waals surface area contributed by atoms with Crippen LogP contribution in [0.2, 0.25) is 0 Å². The molecule has 0 saturated carbocycles. The Hall–Kier alpha value is -1.75. The number of unbranched alkanes of at least 4 members (excludes halogenated alkanes) is 6. The van der Waals surface area contributed by atoms with Crippen molar-refractivity contribution in [2.45, 2.75) is 77.0 Å². The van der Waals surface area contributed by atoms with E-state index in [4.69, 9.17) is 28.4 Å². The third kappa shape index (κ3) is 19.4. The third-order valence-electron chi connectivity index (χ3n) is 5.64. The number of carbonyl (C=O) groups excluding carboxylic acids is 3. The molecule has 0 fully saturated rings. The molecule has 0 bridgehead atoms. The van der Waals surface area contributed by atoms with Gasteiger partial charge in [0.05, 0.1) is 12.0 Å². The van der Waals surface area contributed by atoms with Crippen LogP contribution in [0.25, 0.3) is 0 Å². The highest BCUT2D eigenvalue weighted by Gasteiger charge is 2.35. The van der Waals surface area contributed by atoms with Gasteiger partial charge >= 0.3 is 17.9 Å². The molecule has 0 saturated heterocycles. The van der Waals surface area contributed by atoms with Gasteiger partial charge in [-0.05, 0) is 38.5 Å². The summed E-state index contributed by atoms with van der Waals surface area (Å²) in [6, 6.07) is 0. The largest absolute Gasteiger partial charge is 0.465 e. The van der Waals surface area contributed by atoms with E-state index in [-0.39, 0.29) is 39.1 Å². The lowest BCUT2D eigenvalue weighted by molar-refractivity contribution is -0.165. The molecule has 0 heterocycles. The van der Waals surface area contributed by atoms with E-state index in [1.807, 2.05) is 0 Å². The first-order chi connectivity index (χ1) is 17.4. The molecule has 36 heavy (non-hydrogen) atoms. The Morgan fingerprint density at radius 1 is 0.528 bits per heavy atom. The molecule has 10 heteroatoms. The molecular weight excluding hydrogens is 472 g/mol. The fourth-order valence-electron chi connectivity index (χ4n) is 3.26. The molecule has 0 aliphatic heterocycles. The van der Waals surface area contributed by atoms with Crippen LogP contribution < -0.4 is 0 Å². The Morgan fingerprint density at radius 3 is 1.08 bits per heavy atom. The summed E-state index contributed by atoms with van der Waals surface area (Å²) in [6.45, 7) is 0.777. The average molecular weight is 521 g/mol. The van der Waals surface area contributed by atoms with Crippen molar-refractivity contribution in [1.29, 1.82) is 0 Å². The average Bonchev–Trinajstić information content (AvgIpc) is 2.88. The van der Waals surface area contributed by atoms with Crippen molar-refractivity contribution in [2.75, 3.05) is 67.6 Å². The third-order valence-corrected chi connectivity index (χ3v) is 5.64. The molecule has 0 unspecified atom stereocenters. The van der Waals surface area contributed by atoms with Crippen molar-refractivity contribution >= 4 is 17.9 Å². The number of ether oxygens (including phenoxy) is 6. The predicted octanol–water partition coefficient (Wildman–Crippen LogP) is 3.22. The van der Waals surface area contributed by atoms with E-state index in [1.54, 1.807) is 21.3 Å². The van der Waals surface area contributed by atoms with Crippen LogP contribution in [0.15, 0.2) is 0 Å². The second-order valence-corrected chi connectivity index (χ2v) is 9.05. The fraction of sp³-hybridized carbons (Fsp3) is 0.885. The first-order valence-corrected chi connectivity index (χ1v) is 13.0. The summed E-state index contributed by atoms with van der Waals surface area (Å²) in [4.78, 5) is 36.6. The van der Waals surface area contributed by atoms with E-state index in [1.165, 1.54) is 0 Å². The van der Waals surface area contributed by atoms with Crippen molar-refractivity contribution in [3.8, 4) is 0 Å². The summed E-state index contributed by atoms with van der Waals surface area (Å²) in [5.41, 5.74) is -1.22. The van der Waals surface area contributed by atoms with E-state index in [0.717, 1.165) is 38.5 Å². The predicted molar refractivity (Wildman–Crippen MR) is 133 cm³/mol. The minimum atomic E-state index is -1.22. The van der Waals surface area contributed by atoms with Crippen molar-refractivity contribution in [3.05, 3.63) is 0 Å². The van der Waals surface area contributed by atoms with E-state index in [0.29, 0.717) is 39.1 Å². The van der Waals surface area contributed by atoms with Crippen molar-refractivity contribution < 1.29 is 47.9 Å². The number of hydrogen-bond donors (Lipinski definition) is 1. The molecule has 0 spiro atoms. The second-order valence-electron chi connectivity index (χ2n) is 9.05. The van der Waals surface area contributed by atoms with Gasteiger partial charge < -0.3 is 33.5 Å². The van der Waals surface area contributed by atoms with E-state index < -0.39 is 29.9 Å². The summed E-state index contributed by atoms with van der Waals surface area (Å²) in [6.07, 6.45) is 7.72. The van der Waals surface area contributed by atoms with E-state index in [2.05, 4.69) is 0 Å². The van der Waals surface area contributed by atoms with Gasteiger partial charge in [0, 0.05) is 60.4 Å². The number of aliphatic hydroxyl groups excluding tert-OH is 1. The monoisotopic (exact) mass is 520 g/mol. The van der Waals surface area contributed by atoms with Gasteiger partial charge in [-0.15, -0.1) is 0 Å². The standard InChI is InChI=1S/C26H48O10/c1-31-16-10-4-7-13-23(28)34-20-26(19-27,21-35-24(29)14-8-5-11-17-32-2)22-36-25(30)15-9-6-12-18-33-3/h27H,4-22H2,1-3H3. The molecule has 0 aliphatic carbocycles. The Morgan fingerprint density at radius 2 is 0.833 bits per heavy atom. The van der Waals surface area contributed by atoms with Gasteiger partial charge in [-0.25, -0.2) is 0 Å². The number of esters is 3. The molecule has 0 atom stereocenters. The van der Waals surface area contributed by atoms with Gasteiger partial charge in [-0.2, -0.15) is 0 Å². The SMILES string of the molecule is COCCCCCC(=O)OCC(CO)(COC(=O)CCCCCOC)COC(=O)CCCCCOC. The summed E-state index contributed by atoms with van der Waals surface area (Å²) < 4.78 is 31.1. The maximum atomic E-state index is 12.2. The molecule has 212 valence electrons. The maximum absolute atomic E-state index is 12.2. The normalized spacial score (nSPS) is 11.3. The number of hydrogen-bond acceptors (Lipinski definition) is 10. The molecule has 0 amide bonds. The number of rotatable bonds is 25. The zero-order valence-corrected chi connectivity index (χ0v) is 22.6. The fourth-order valence-corrected chi connectivity index (χ4v) is 3.26. The van der Waals surface area contributed by atoms with Crippen LogP contribution in [0.3, 0.4) is 0 Å². The zero-order chi connectivity index (χ0) is 26.9. The van der Waals surface area contributed by atoms with Crippen molar-refractivity contribution in [2.24, 2.45) is 5.41 Å². The van der Waals surface area contributed by atoms with Crippen LogP contribution >= 0.6 is 0 Å². The van der Waals surface area contributed by atoms with Gasteiger partial charge in [0.2, 0.25) is 0 Å². The lowest BCUT2D eigenvalue weighted by Crippen LogP contribution is -2.42. The van der Waals surface area contributed by atoms with Gasteiger partial charge in [0.25, 0.3) is 0 Å². The van der Waals surface area contributed by atoms with Gasteiger partial charge in [-0.1, -0.05) is 19.3 Å². The van der Waals surface area contributed by atoms with Crippen LogP contribution in [-0.2, 0) is 42.8 Å². The van der Waals surface area contributed by atoms with E-state index >= 15 is 0 Å². The highest BCUT2D eigenvalue weighted by molar-refractivity contribution is 5.70. The Bertz CT molecular complexity index is 493. The van der Waals surface area contributed by atoms with Crippen LogP contribution in [0, 0.1) is 5.41 Å². The molecule has 0 aliphatic rings. The number of aliphatic hydroxyl groups is 1. The summed E-state index contributed by atoms with van der Waals surface area (Å²) >= 11 is 0. The molecule has 0 aromatic heterocycles. The second kappa shape index (κ2) is 23.6. The lowest BCUT2D eigenvalue weighted by atomic mass is 9.92. The van der Waals surface area contributed by atoms with Gasteiger partial charge in [0.15, 0.2) is 0 Å². The number of methoxy groups -OCH3 is 3. The van der Waals surface area contributed by atoms with Crippen LogP contribution in [-0.4, -0.2) is 90.6 Å². The highest BCUT2D eigenvalue weighted by Crippen LogP contribution is 2.21. The zero-order valence-electron chi connectivity index (χ0n) is 22.6. The minimum Gasteiger partial charge on any atom is -0.465 e. The van der Waals surface area contributed by atoms with Crippen molar-refractivity contribution in [1.82, 2.24) is 0 Å². The Kier molecular flexibility index (Phi) is 22.5. The smallest absolute Gasteiger partial charge is 0.305 e. The first-order valence-electron chi connectivity index (χ1n) is 13.0. The quantitative estimate of drug-likeness (QED) is 0.109. The Labute approximate surface area is 216 Å². The van der Waals surface area contributed by atoms with Gasteiger partial charge in [-0.3, -0.25) is 14.4 Å². The van der Waals surface area contributed by atoms with Crippen molar-refractivity contribution in [3.63, 3.8) is 0 Å². The summed E-state index contributed by atoms with van der Waals surface area (Å²) in [5, 5.41) is 10.1. The minimum absolute atomic E-state index is 0.220. The molecule has 0 radical (unpaired) electrons. The molecule has 0 aromatic rings. The van der Waals surface area contributed by atoms with Crippen LogP contribution in [0.1, 0.15) is 77.0 Å². The summed E-state index contributed by atoms with van der Waals surface area (Å²) in [7, 11) is 4.89. The highest BCUT2D eigenvalue weighted by atomic mass is 16.6. The topological polar surface area (TPSA) is 127 Å². The number of carbonyl (C=O) groups is 3. The van der Waals surface area contributed by atoms with Crippen LogP contribution in [0.5, 0.6) is 0 Å².